The standard InChI is InChI=1S/C19H22BrN3O3/c20-17-6-2-1-5-16(17)19(25)22-14-7-9-23(10-8-14)13-18(24)21-12-15-4-3-11-26-15/h1-6,11,14H,7-10,12-13H2,(H,21,24)(H,22,25)/p+1. The number of rotatable bonds is 6. The molecule has 26 heavy (non-hydrogen) atoms. The van der Waals surface area contributed by atoms with Gasteiger partial charge in [0.05, 0.1) is 31.5 Å². The van der Waals surface area contributed by atoms with Gasteiger partial charge in [-0.25, -0.2) is 0 Å². The van der Waals surface area contributed by atoms with Gasteiger partial charge >= 0.3 is 0 Å². The lowest BCUT2D eigenvalue weighted by molar-refractivity contribution is -0.897. The summed E-state index contributed by atoms with van der Waals surface area (Å²) in [7, 11) is 0. The molecule has 1 aromatic carbocycles. The molecule has 0 bridgehead atoms. The first kappa shape index (κ1) is 18.7. The second-order valence-electron chi connectivity index (χ2n) is 6.51. The van der Waals surface area contributed by atoms with E-state index in [0.717, 1.165) is 36.2 Å². The van der Waals surface area contributed by atoms with Crippen LogP contribution < -0.4 is 15.5 Å². The lowest BCUT2D eigenvalue weighted by atomic mass is 10.0. The number of benzene rings is 1. The summed E-state index contributed by atoms with van der Waals surface area (Å²) in [5.41, 5.74) is 0.652. The van der Waals surface area contributed by atoms with E-state index in [2.05, 4.69) is 26.6 Å². The number of hydrogen-bond donors (Lipinski definition) is 3. The number of carbonyl (C=O) groups is 2. The molecule has 7 heteroatoms. The summed E-state index contributed by atoms with van der Waals surface area (Å²) < 4.78 is 6.00. The van der Waals surface area contributed by atoms with E-state index in [4.69, 9.17) is 4.42 Å². The molecule has 1 fully saturated rings. The van der Waals surface area contributed by atoms with E-state index in [0.29, 0.717) is 18.7 Å². The van der Waals surface area contributed by atoms with Gasteiger partial charge in [0.15, 0.2) is 6.54 Å². The Morgan fingerprint density at radius 2 is 1.92 bits per heavy atom. The molecule has 2 heterocycles. The lowest BCUT2D eigenvalue weighted by Gasteiger charge is -2.29. The first-order chi connectivity index (χ1) is 12.6. The fourth-order valence-corrected chi connectivity index (χ4v) is 3.61. The van der Waals surface area contributed by atoms with Crippen LogP contribution in [0.15, 0.2) is 51.6 Å². The zero-order valence-corrected chi connectivity index (χ0v) is 16.1. The Balaban J connectivity index is 1.39. The number of quaternary nitrogens is 1. The predicted octanol–water partition coefficient (Wildman–Crippen LogP) is 1.14. The van der Waals surface area contributed by atoms with Crippen LogP contribution in [0.3, 0.4) is 0 Å². The van der Waals surface area contributed by atoms with Crippen LogP contribution in [0, 0.1) is 0 Å². The third-order valence-corrected chi connectivity index (χ3v) is 5.29. The van der Waals surface area contributed by atoms with E-state index in [1.807, 2.05) is 30.3 Å². The number of halogens is 1. The van der Waals surface area contributed by atoms with Gasteiger partial charge in [-0.15, -0.1) is 0 Å². The Bertz CT molecular complexity index is 740. The quantitative estimate of drug-likeness (QED) is 0.655. The van der Waals surface area contributed by atoms with Gasteiger partial charge in [-0.05, 0) is 40.2 Å². The molecule has 138 valence electrons. The minimum atomic E-state index is -0.0536. The number of furan rings is 1. The van der Waals surface area contributed by atoms with E-state index < -0.39 is 0 Å². The van der Waals surface area contributed by atoms with E-state index in [1.54, 1.807) is 12.3 Å². The molecular weight excluding hydrogens is 398 g/mol. The summed E-state index contributed by atoms with van der Waals surface area (Å²) in [5.74, 6) is 0.719. The van der Waals surface area contributed by atoms with E-state index in [1.165, 1.54) is 4.90 Å². The van der Waals surface area contributed by atoms with E-state index in [9.17, 15) is 9.59 Å². The van der Waals surface area contributed by atoms with Crippen LogP contribution in [0.5, 0.6) is 0 Å². The van der Waals surface area contributed by atoms with Gasteiger partial charge in [0.1, 0.15) is 5.76 Å². The molecule has 0 unspecified atom stereocenters. The maximum Gasteiger partial charge on any atom is 0.275 e. The van der Waals surface area contributed by atoms with Crippen molar-refractivity contribution in [1.82, 2.24) is 10.6 Å². The van der Waals surface area contributed by atoms with E-state index in [-0.39, 0.29) is 17.9 Å². The van der Waals surface area contributed by atoms with Crippen molar-refractivity contribution in [2.75, 3.05) is 19.6 Å². The average molecular weight is 421 g/mol. The van der Waals surface area contributed by atoms with Gasteiger partial charge < -0.3 is 20.0 Å². The smallest absolute Gasteiger partial charge is 0.275 e. The molecule has 0 spiro atoms. The number of carbonyl (C=O) groups excluding carboxylic acids is 2. The molecule has 2 amide bonds. The highest BCUT2D eigenvalue weighted by atomic mass is 79.9. The summed E-state index contributed by atoms with van der Waals surface area (Å²) in [6.07, 6.45) is 3.34. The summed E-state index contributed by atoms with van der Waals surface area (Å²) in [5, 5.41) is 5.97. The molecular formula is C19H23BrN3O3+. The molecule has 1 aliphatic heterocycles. The molecule has 0 atom stereocenters. The first-order valence-corrected chi connectivity index (χ1v) is 9.59. The van der Waals surface area contributed by atoms with Crippen molar-refractivity contribution in [2.45, 2.75) is 25.4 Å². The van der Waals surface area contributed by atoms with Crippen LogP contribution in [-0.4, -0.2) is 37.5 Å². The van der Waals surface area contributed by atoms with Gasteiger partial charge in [-0.3, -0.25) is 9.59 Å². The van der Waals surface area contributed by atoms with Crippen LogP contribution in [0.25, 0.3) is 0 Å². The van der Waals surface area contributed by atoms with Crippen molar-refractivity contribution in [3.63, 3.8) is 0 Å². The lowest BCUT2D eigenvalue weighted by Crippen LogP contribution is -3.14. The van der Waals surface area contributed by atoms with Gasteiger partial charge in [-0.2, -0.15) is 0 Å². The molecule has 1 saturated heterocycles. The Kier molecular flexibility index (Phi) is 6.46. The fourth-order valence-electron chi connectivity index (χ4n) is 3.14. The van der Waals surface area contributed by atoms with Crippen LogP contribution in [0.2, 0.25) is 0 Å². The number of amides is 2. The van der Waals surface area contributed by atoms with E-state index >= 15 is 0 Å². The van der Waals surface area contributed by atoms with Crippen LogP contribution >= 0.6 is 15.9 Å². The second-order valence-corrected chi connectivity index (χ2v) is 7.36. The Morgan fingerprint density at radius 3 is 2.62 bits per heavy atom. The normalized spacial score (nSPS) is 19.7. The third-order valence-electron chi connectivity index (χ3n) is 4.60. The summed E-state index contributed by atoms with van der Waals surface area (Å²) in [6, 6.07) is 11.2. The van der Waals surface area contributed by atoms with Crippen molar-refractivity contribution >= 4 is 27.7 Å². The first-order valence-electron chi connectivity index (χ1n) is 8.80. The Hall–Kier alpha value is -2.12. The van der Waals surface area contributed by atoms with Crippen molar-refractivity contribution in [3.8, 4) is 0 Å². The molecule has 1 aromatic heterocycles. The largest absolute Gasteiger partial charge is 0.467 e. The highest BCUT2D eigenvalue weighted by Gasteiger charge is 2.25. The summed E-state index contributed by atoms with van der Waals surface area (Å²) in [6.45, 7) is 2.61. The number of nitrogens with one attached hydrogen (secondary N) is 3. The van der Waals surface area contributed by atoms with Crippen LogP contribution in [0.4, 0.5) is 0 Å². The Labute approximate surface area is 161 Å². The number of likely N-dealkylation sites (tertiary alicyclic amines) is 1. The van der Waals surface area contributed by atoms with Crippen molar-refractivity contribution in [2.24, 2.45) is 0 Å². The second kappa shape index (κ2) is 9.00. The third kappa shape index (κ3) is 5.19. The van der Waals surface area contributed by atoms with Crippen LogP contribution in [0.1, 0.15) is 29.0 Å². The minimum Gasteiger partial charge on any atom is -0.467 e. The molecule has 0 radical (unpaired) electrons. The van der Waals surface area contributed by atoms with Gasteiger partial charge in [0, 0.05) is 23.4 Å². The molecule has 0 aliphatic carbocycles. The maximum atomic E-state index is 12.4. The molecule has 1 aliphatic rings. The van der Waals surface area contributed by atoms with Crippen molar-refractivity contribution in [3.05, 3.63) is 58.5 Å². The SMILES string of the molecule is O=C(C[NH+]1CCC(NC(=O)c2ccccc2Br)CC1)NCc1ccco1. The van der Waals surface area contributed by atoms with Gasteiger partial charge in [-0.1, -0.05) is 12.1 Å². The monoisotopic (exact) mass is 420 g/mol. The Morgan fingerprint density at radius 1 is 1.15 bits per heavy atom. The highest BCUT2D eigenvalue weighted by Crippen LogP contribution is 2.16. The number of piperidine rings is 1. The minimum absolute atomic E-state index is 0.0205. The molecule has 6 nitrogen and oxygen atoms in total. The molecule has 3 N–H and O–H groups in total. The maximum absolute atomic E-state index is 12.4. The average Bonchev–Trinajstić information content (AvgIpc) is 3.15. The zero-order valence-electron chi connectivity index (χ0n) is 14.5. The van der Waals surface area contributed by atoms with Gasteiger partial charge in [0.2, 0.25) is 0 Å². The topological polar surface area (TPSA) is 75.8 Å². The van der Waals surface area contributed by atoms with Gasteiger partial charge in [0.25, 0.3) is 11.8 Å². The molecule has 3 rings (SSSR count). The molecule has 0 saturated carbocycles. The highest BCUT2D eigenvalue weighted by molar-refractivity contribution is 9.10. The summed E-state index contributed by atoms with van der Waals surface area (Å²) in [4.78, 5) is 25.7. The summed E-state index contributed by atoms with van der Waals surface area (Å²) >= 11 is 3.41. The zero-order chi connectivity index (χ0) is 18.4. The molecule has 2 aromatic rings. The predicted molar refractivity (Wildman–Crippen MR) is 101 cm³/mol. The fraction of sp³-hybridized carbons (Fsp3) is 0.368. The van der Waals surface area contributed by atoms with Crippen LogP contribution in [-0.2, 0) is 11.3 Å². The van der Waals surface area contributed by atoms with Crippen molar-refractivity contribution in [1.29, 1.82) is 0 Å². The van der Waals surface area contributed by atoms with Crippen molar-refractivity contribution < 1.29 is 18.9 Å². The number of hydrogen-bond acceptors (Lipinski definition) is 3.